The molecule has 1 N–H and O–H groups in total. The number of benzene rings is 1. The summed E-state index contributed by atoms with van der Waals surface area (Å²) in [4.78, 5) is 27.5. The molecule has 1 aromatic carbocycles. The van der Waals surface area contributed by atoms with E-state index in [1.165, 1.54) is 11.9 Å². The molecular weight excluding hydrogens is 445 g/mol. The molecule has 0 unspecified atom stereocenters. The summed E-state index contributed by atoms with van der Waals surface area (Å²) in [5, 5.41) is 6.55. The summed E-state index contributed by atoms with van der Waals surface area (Å²) in [5.41, 5.74) is -0.880. The maximum absolute atomic E-state index is 14.3. The second-order valence-electron chi connectivity index (χ2n) is 5.84. The van der Waals surface area contributed by atoms with Gasteiger partial charge in [-0.05, 0) is 41.1 Å². The number of carbonyl (C=O) groups is 2. The number of aromatic amines is 1. The first-order chi connectivity index (χ1) is 11.8. The SMILES string of the molecule is CC[C@@]1(c2cn[nH]c2)CC(=O)N(c2c(F)cc(I)cc2F)C(=O)N1C. The highest BCUT2D eigenvalue weighted by Crippen LogP contribution is 2.41. The molecule has 1 fully saturated rings. The monoisotopic (exact) mass is 460 g/mol. The number of anilines is 1. The lowest BCUT2D eigenvalue weighted by atomic mass is 9.82. The van der Waals surface area contributed by atoms with Crippen LogP contribution in [0.2, 0.25) is 0 Å². The van der Waals surface area contributed by atoms with Crippen LogP contribution < -0.4 is 4.90 Å². The molecule has 132 valence electrons. The van der Waals surface area contributed by atoms with Gasteiger partial charge in [0.05, 0.1) is 18.2 Å². The van der Waals surface area contributed by atoms with Gasteiger partial charge < -0.3 is 4.90 Å². The summed E-state index contributed by atoms with van der Waals surface area (Å²) < 4.78 is 28.9. The largest absolute Gasteiger partial charge is 0.332 e. The number of halogens is 3. The molecule has 6 nitrogen and oxygen atoms in total. The Morgan fingerprint density at radius 2 is 1.96 bits per heavy atom. The molecule has 0 spiro atoms. The van der Waals surface area contributed by atoms with Gasteiger partial charge in [-0.25, -0.2) is 18.5 Å². The number of nitrogens with one attached hydrogen (secondary N) is 1. The fraction of sp³-hybridized carbons (Fsp3) is 0.312. The Morgan fingerprint density at radius 1 is 1.32 bits per heavy atom. The summed E-state index contributed by atoms with van der Waals surface area (Å²) in [7, 11) is 1.51. The van der Waals surface area contributed by atoms with E-state index in [1.807, 2.05) is 6.92 Å². The molecule has 9 heteroatoms. The predicted octanol–water partition coefficient (Wildman–Crippen LogP) is 3.39. The number of hydrogen-bond donors (Lipinski definition) is 1. The van der Waals surface area contributed by atoms with Crippen molar-refractivity contribution in [1.82, 2.24) is 15.1 Å². The Labute approximate surface area is 156 Å². The van der Waals surface area contributed by atoms with Gasteiger partial charge in [-0.1, -0.05) is 6.92 Å². The number of H-pyrrole nitrogens is 1. The summed E-state index contributed by atoms with van der Waals surface area (Å²) in [5.74, 6) is -2.57. The second kappa shape index (κ2) is 6.36. The first kappa shape index (κ1) is 17.8. The first-order valence-corrected chi connectivity index (χ1v) is 8.64. The number of hydrogen-bond acceptors (Lipinski definition) is 3. The van der Waals surface area contributed by atoms with Crippen molar-refractivity contribution in [3.05, 3.63) is 45.3 Å². The quantitative estimate of drug-likeness (QED) is 0.715. The van der Waals surface area contributed by atoms with Crippen molar-refractivity contribution in [2.24, 2.45) is 0 Å². The van der Waals surface area contributed by atoms with E-state index in [0.29, 0.717) is 20.5 Å². The van der Waals surface area contributed by atoms with E-state index in [4.69, 9.17) is 0 Å². The zero-order valence-electron chi connectivity index (χ0n) is 13.5. The lowest BCUT2D eigenvalue weighted by Gasteiger charge is -2.46. The minimum absolute atomic E-state index is 0.101. The van der Waals surface area contributed by atoms with Crippen LogP contribution >= 0.6 is 22.6 Å². The minimum atomic E-state index is -0.952. The van der Waals surface area contributed by atoms with Gasteiger partial charge >= 0.3 is 6.03 Å². The van der Waals surface area contributed by atoms with E-state index < -0.39 is 34.8 Å². The van der Waals surface area contributed by atoms with E-state index in [9.17, 15) is 18.4 Å². The average Bonchev–Trinajstić information content (AvgIpc) is 3.08. The van der Waals surface area contributed by atoms with Gasteiger partial charge in [-0.3, -0.25) is 9.89 Å². The maximum atomic E-state index is 14.3. The Bertz CT molecular complexity index is 820. The van der Waals surface area contributed by atoms with Gasteiger partial charge in [0.15, 0.2) is 11.6 Å². The van der Waals surface area contributed by atoms with Crippen molar-refractivity contribution in [2.75, 3.05) is 11.9 Å². The number of aromatic nitrogens is 2. The lowest BCUT2D eigenvalue weighted by molar-refractivity contribution is -0.122. The van der Waals surface area contributed by atoms with E-state index >= 15 is 0 Å². The summed E-state index contributed by atoms with van der Waals surface area (Å²) in [6.07, 6.45) is 3.51. The lowest BCUT2D eigenvalue weighted by Crippen LogP contribution is -2.61. The number of imide groups is 1. The topological polar surface area (TPSA) is 69.3 Å². The molecule has 3 rings (SSSR count). The van der Waals surface area contributed by atoms with Gasteiger partial charge in [0.2, 0.25) is 5.91 Å². The van der Waals surface area contributed by atoms with Gasteiger partial charge in [0.1, 0.15) is 5.69 Å². The molecule has 1 aliphatic heterocycles. The fourth-order valence-electron chi connectivity index (χ4n) is 3.22. The van der Waals surface area contributed by atoms with Crippen molar-refractivity contribution in [3.63, 3.8) is 0 Å². The Hall–Kier alpha value is -2.04. The van der Waals surface area contributed by atoms with E-state index in [-0.39, 0.29) is 6.42 Å². The summed E-state index contributed by atoms with van der Waals surface area (Å²) in [6.45, 7) is 1.84. The van der Waals surface area contributed by atoms with Crippen LogP contribution in [0.15, 0.2) is 24.5 Å². The van der Waals surface area contributed by atoms with Crippen molar-refractivity contribution in [1.29, 1.82) is 0 Å². The molecular formula is C16H15F2IN4O2. The summed E-state index contributed by atoms with van der Waals surface area (Å²) in [6, 6.07) is 1.38. The van der Waals surface area contributed by atoms with E-state index in [1.54, 1.807) is 35.0 Å². The number of urea groups is 1. The third kappa shape index (κ3) is 2.70. The van der Waals surface area contributed by atoms with E-state index in [2.05, 4.69) is 10.2 Å². The molecule has 0 radical (unpaired) electrons. The molecule has 1 saturated heterocycles. The first-order valence-electron chi connectivity index (χ1n) is 7.56. The van der Waals surface area contributed by atoms with Gasteiger partial charge in [0.25, 0.3) is 0 Å². The van der Waals surface area contributed by atoms with Crippen LogP contribution in [0.1, 0.15) is 25.3 Å². The predicted molar refractivity (Wildman–Crippen MR) is 94.9 cm³/mol. The molecule has 1 atom stereocenters. The van der Waals surface area contributed by atoms with Gasteiger partial charge in [-0.2, -0.15) is 5.10 Å². The van der Waals surface area contributed by atoms with Gasteiger partial charge in [-0.15, -0.1) is 0 Å². The maximum Gasteiger partial charge on any atom is 0.332 e. The smallest absolute Gasteiger partial charge is 0.317 e. The second-order valence-corrected chi connectivity index (χ2v) is 7.08. The standard InChI is InChI=1S/C16H15F2IN4O2/c1-3-16(9-7-20-21-8-9)6-13(24)23(15(25)22(16)2)14-11(17)4-10(19)5-12(14)18/h4-5,7-8H,3,6H2,1-2H3,(H,20,21)/t16-/m0/s1. The highest BCUT2D eigenvalue weighted by Gasteiger charge is 2.49. The third-order valence-corrected chi connectivity index (χ3v) is 5.26. The van der Waals surface area contributed by atoms with Crippen LogP contribution in [-0.2, 0) is 10.3 Å². The van der Waals surface area contributed by atoms with Crippen molar-refractivity contribution >= 4 is 40.2 Å². The average molecular weight is 460 g/mol. The van der Waals surface area contributed by atoms with Crippen LogP contribution in [0.4, 0.5) is 19.3 Å². The van der Waals surface area contributed by atoms with Crippen LogP contribution in [0.3, 0.4) is 0 Å². The molecule has 0 aliphatic carbocycles. The Morgan fingerprint density at radius 3 is 2.48 bits per heavy atom. The van der Waals surface area contributed by atoms with Gasteiger partial charge in [0, 0.05) is 22.4 Å². The molecule has 0 saturated carbocycles. The molecule has 0 bridgehead atoms. The number of nitrogens with zero attached hydrogens (tertiary/aromatic N) is 3. The number of amides is 3. The van der Waals surface area contributed by atoms with Crippen molar-refractivity contribution in [2.45, 2.75) is 25.3 Å². The van der Waals surface area contributed by atoms with E-state index in [0.717, 1.165) is 12.1 Å². The fourth-order valence-corrected chi connectivity index (χ4v) is 3.77. The van der Waals surface area contributed by atoms with Crippen molar-refractivity contribution in [3.8, 4) is 0 Å². The zero-order valence-corrected chi connectivity index (χ0v) is 15.7. The minimum Gasteiger partial charge on any atom is -0.317 e. The van der Waals surface area contributed by atoms with Crippen molar-refractivity contribution < 1.29 is 18.4 Å². The molecule has 1 aromatic heterocycles. The third-order valence-electron chi connectivity index (χ3n) is 4.64. The zero-order chi connectivity index (χ0) is 18.4. The van der Waals surface area contributed by atoms with Crippen LogP contribution in [0, 0.1) is 15.2 Å². The van der Waals surface area contributed by atoms with Crippen LogP contribution in [-0.4, -0.2) is 34.1 Å². The Balaban J connectivity index is 2.08. The molecule has 2 aromatic rings. The normalized spacial score (nSPS) is 21.2. The van der Waals surface area contributed by atoms with Crippen LogP contribution in [0.5, 0.6) is 0 Å². The number of rotatable bonds is 3. The highest BCUT2D eigenvalue weighted by atomic mass is 127. The number of carbonyl (C=O) groups excluding carboxylic acids is 2. The molecule has 2 heterocycles. The molecule has 3 amide bonds. The highest BCUT2D eigenvalue weighted by molar-refractivity contribution is 14.1. The Kier molecular flexibility index (Phi) is 4.52. The molecule has 1 aliphatic rings. The summed E-state index contributed by atoms with van der Waals surface area (Å²) >= 11 is 1.76. The molecule has 25 heavy (non-hydrogen) atoms. The van der Waals surface area contributed by atoms with Crippen LogP contribution in [0.25, 0.3) is 0 Å².